The minimum atomic E-state index is -0.265. The third kappa shape index (κ3) is 2.84. The Balaban J connectivity index is 2.14. The van der Waals surface area contributed by atoms with Gasteiger partial charge in [0.05, 0.1) is 11.9 Å². The number of anilines is 1. The predicted molar refractivity (Wildman–Crippen MR) is 73.2 cm³/mol. The van der Waals surface area contributed by atoms with Crippen LogP contribution in [0.4, 0.5) is 5.69 Å². The molecule has 18 heavy (non-hydrogen) atoms. The lowest BCUT2D eigenvalue weighted by atomic mass is 9.96. The van der Waals surface area contributed by atoms with E-state index in [4.69, 9.17) is 11.6 Å². The van der Waals surface area contributed by atoms with Crippen LogP contribution in [0.25, 0.3) is 0 Å². The van der Waals surface area contributed by atoms with Crippen LogP contribution in [-0.2, 0) is 7.05 Å². The second-order valence-electron chi connectivity index (χ2n) is 5.20. The highest BCUT2D eigenvalue weighted by Gasteiger charge is 2.23. The van der Waals surface area contributed by atoms with E-state index in [9.17, 15) is 4.79 Å². The van der Waals surface area contributed by atoms with Crippen LogP contribution >= 0.6 is 11.6 Å². The van der Waals surface area contributed by atoms with Gasteiger partial charge < -0.3 is 10.2 Å². The Bertz CT molecular complexity index is 477. The van der Waals surface area contributed by atoms with E-state index < -0.39 is 0 Å². The number of aryl methyl sites for hydroxylation is 1. The van der Waals surface area contributed by atoms with E-state index in [1.165, 1.54) is 4.68 Å². The maximum Gasteiger partial charge on any atom is 0.287 e. The topological polar surface area (TPSA) is 50.2 Å². The van der Waals surface area contributed by atoms with E-state index in [0.717, 1.165) is 19.5 Å². The number of nitrogens with one attached hydrogen (secondary N) is 1. The molecule has 1 fully saturated rings. The van der Waals surface area contributed by atoms with Crippen LogP contribution < -0.4 is 10.9 Å². The highest BCUT2D eigenvalue weighted by Crippen LogP contribution is 2.21. The zero-order chi connectivity index (χ0) is 13.3. The maximum atomic E-state index is 11.7. The molecule has 0 bridgehead atoms. The molecule has 6 heteroatoms. The van der Waals surface area contributed by atoms with Crippen molar-refractivity contribution in [3.8, 4) is 0 Å². The van der Waals surface area contributed by atoms with Gasteiger partial charge in [0, 0.05) is 26.2 Å². The molecule has 0 aromatic carbocycles. The molecule has 1 aliphatic heterocycles. The molecule has 0 saturated carbocycles. The second kappa shape index (κ2) is 5.28. The number of likely N-dealkylation sites (N-methyl/N-ethyl adjacent to an activating group) is 1. The summed E-state index contributed by atoms with van der Waals surface area (Å²) in [4.78, 5) is 14.0. The van der Waals surface area contributed by atoms with Gasteiger partial charge in [-0.3, -0.25) is 4.79 Å². The first-order valence-corrected chi connectivity index (χ1v) is 6.52. The van der Waals surface area contributed by atoms with Gasteiger partial charge >= 0.3 is 0 Å². The number of nitrogens with zero attached hydrogens (tertiary/aromatic N) is 3. The van der Waals surface area contributed by atoms with Crippen molar-refractivity contribution < 1.29 is 0 Å². The van der Waals surface area contributed by atoms with Crippen molar-refractivity contribution in [1.82, 2.24) is 14.7 Å². The van der Waals surface area contributed by atoms with Crippen molar-refractivity contribution in [2.75, 3.05) is 25.5 Å². The molecule has 0 spiro atoms. The van der Waals surface area contributed by atoms with Gasteiger partial charge in [0.2, 0.25) is 0 Å². The lowest BCUT2D eigenvalue weighted by Crippen LogP contribution is -2.43. The molecule has 2 atom stereocenters. The van der Waals surface area contributed by atoms with Crippen LogP contribution in [0.15, 0.2) is 11.0 Å². The summed E-state index contributed by atoms with van der Waals surface area (Å²) in [6, 6.07) is 0.310. The lowest BCUT2D eigenvalue weighted by Gasteiger charge is -2.34. The van der Waals surface area contributed by atoms with E-state index in [-0.39, 0.29) is 10.6 Å². The van der Waals surface area contributed by atoms with Gasteiger partial charge in [-0.1, -0.05) is 18.5 Å². The molecule has 1 aliphatic rings. The van der Waals surface area contributed by atoms with Gasteiger partial charge in [-0.25, -0.2) is 4.68 Å². The first-order chi connectivity index (χ1) is 8.47. The highest BCUT2D eigenvalue weighted by molar-refractivity contribution is 6.32. The van der Waals surface area contributed by atoms with Gasteiger partial charge in [-0.15, -0.1) is 0 Å². The molecule has 2 rings (SSSR count). The van der Waals surface area contributed by atoms with Gasteiger partial charge in [0.25, 0.3) is 5.56 Å². The Labute approximate surface area is 112 Å². The molecule has 1 saturated heterocycles. The number of hydrogen-bond acceptors (Lipinski definition) is 4. The van der Waals surface area contributed by atoms with Gasteiger partial charge in [-0.2, -0.15) is 5.10 Å². The van der Waals surface area contributed by atoms with Crippen molar-refractivity contribution in [1.29, 1.82) is 0 Å². The third-order valence-corrected chi connectivity index (χ3v) is 3.65. The largest absolute Gasteiger partial charge is 0.378 e. The molecular weight excluding hydrogens is 252 g/mol. The molecule has 1 aromatic rings. The standard InChI is InChI=1S/C12H19ClN4O/c1-8-4-9(7-16(2)6-8)15-10-5-14-17(3)12(18)11(10)13/h5,8-9,15H,4,6-7H2,1-3H3/t8-,9?/m0/s1. The zero-order valence-electron chi connectivity index (χ0n) is 11.0. The molecule has 0 aliphatic carbocycles. The molecule has 0 radical (unpaired) electrons. The van der Waals surface area contributed by atoms with Crippen molar-refractivity contribution in [2.24, 2.45) is 13.0 Å². The van der Waals surface area contributed by atoms with Crippen molar-refractivity contribution in [2.45, 2.75) is 19.4 Å². The number of halogens is 1. The average Bonchev–Trinajstić information content (AvgIpc) is 2.29. The zero-order valence-corrected chi connectivity index (χ0v) is 11.7. The fourth-order valence-electron chi connectivity index (χ4n) is 2.55. The van der Waals surface area contributed by atoms with Gasteiger partial charge in [0.15, 0.2) is 0 Å². The smallest absolute Gasteiger partial charge is 0.287 e. The summed E-state index contributed by atoms with van der Waals surface area (Å²) >= 11 is 6.04. The molecule has 5 nitrogen and oxygen atoms in total. The molecule has 1 N–H and O–H groups in total. The molecular formula is C12H19ClN4O. The minimum Gasteiger partial charge on any atom is -0.378 e. The summed E-state index contributed by atoms with van der Waals surface area (Å²) in [5.41, 5.74) is 0.367. The summed E-state index contributed by atoms with van der Waals surface area (Å²) in [5, 5.41) is 7.53. The maximum absolute atomic E-state index is 11.7. The van der Waals surface area contributed by atoms with Crippen LogP contribution in [0.2, 0.25) is 5.02 Å². The number of piperidine rings is 1. The Morgan fingerprint density at radius 1 is 1.44 bits per heavy atom. The van der Waals surface area contributed by atoms with E-state index in [1.807, 2.05) is 0 Å². The molecule has 0 amide bonds. The summed E-state index contributed by atoms with van der Waals surface area (Å²) in [6.07, 6.45) is 2.69. The molecule has 100 valence electrons. The number of aromatic nitrogens is 2. The predicted octanol–water partition coefficient (Wildman–Crippen LogP) is 1.19. The Hall–Kier alpha value is -1.07. The van der Waals surface area contributed by atoms with Gasteiger partial charge in [-0.05, 0) is 19.4 Å². The SMILES string of the molecule is C[C@H]1CC(Nc2cnn(C)c(=O)c2Cl)CN(C)C1. The van der Waals surface area contributed by atoms with Crippen molar-refractivity contribution in [3.05, 3.63) is 21.6 Å². The van der Waals surface area contributed by atoms with Crippen molar-refractivity contribution in [3.63, 3.8) is 0 Å². The summed E-state index contributed by atoms with van der Waals surface area (Å²) in [6.45, 7) is 4.30. The molecule has 2 heterocycles. The highest BCUT2D eigenvalue weighted by atomic mass is 35.5. The first kappa shape index (κ1) is 13.4. The Kier molecular flexibility index (Phi) is 3.92. The van der Waals surface area contributed by atoms with Crippen LogP contribution in [-0.4, -0.2) is 40.9 Å². The quantitative estimate of drug-likeness (QED) is 0.877. The van der Waals surface area contributed by atoms with E-state index in [2.05, 4.69) is 29.3 Å². The third-order valence-electron chi connectivity index (χ3n) is 3.28. The first-order valence-electron chi connectivity index (χ1n) is 6.14. The Morgan fingerprint density at radius 3 is 2.83 bits per heavy atom. The van der Waals surface area contributed by atoms with Crippen LogP contribution in [0.1, 0.15) is 13.3 Å². The fraction of sp³-hybridized carbons (Fsp3) is 0.667. The van der Waals surface area contributed by atoms with Crippen LogP contribution in [0, 0.1) is 5.92 Å². The van der Waals surface area contributed by atoms with E-state index in [1.54, 1.807) is 13.2 Å². The molecule has 1 aromatic heterocycles. The summed E-state index contributed by atoms with van der Waals surface area (Å²) in [7, 11) is 3.70. The van der Waals surface area contributed by atoms with E-state index in [0.29, 0.717) is 17.6 Å². The monoisotopic (exact) mass is 270 g/mol. The number of rotatable bonds is 2. The second-order valence-corrected chi connectivity index (χ2v) is 5.58. The minimum absolute atomic E-state index is 0.216. The number of hydrogen-bond donors (Lipinski definition) is 1. The Morgan fingerprint density at radius 2 is 2.17 bits per heavy atom. The van der Waals surface area contributed by atoms with Crippen molar-refractivity contribution >= 4 is 17.3 Å². The molecule has 1 unspecified atom stereocenters. The average molecular weight is 271 g/mol. The summed E-state index contributed by atoms with van der Waals surface area (Å²) < 4.78 is 1.24. The fourth-order valence-corrected chi connectivity index (χ4v) is 2.78. The normalized spacial score (nSPS) is 25.1. The van der Waals surface area contributed by atoms with Gasteiger partial charge in [0.1, 0.15) is 5.02 Å². The van der Waals surface area contributed by atoms with Crippen LogP contribution in [0.3, 0.4) is 0 Å². The van der Waals surface area contributed by atoms with E-state index >= 15 is 0 Å². The number of likely N-dealkylation sites (tertiary alicyclic amines) is 1. The van der Waals surface area contributed by atoms with Crippen LogP contribution in [0.5, 0.6) is 0 Å². The summed E-state index contributed by atoms with van der Waals surface area (Å²) in [5.74, 6) is 0.638. The lowest BCUT2D eigenvalue weighted by molar-refractivity contribution is 0.207.